The average Bonchev–Trinajstić information content (AvgIpc) is 2.65. The van der Waals surface area contributed by atoms with Crippen LogP contribution >= 0.6 is 12.6 Å². The van der Waals surface area contributed by atoms with Crippen LogP contribution in [-0.2, 0) is 24.0 Å². The van der Waals surface area contributed by atoms with Crippen LogP contribution in [0.4, 0.5) is 0 Å². The first-order valence-electron chi connectivity index (χ1n) is 8.79. The highest BCUT2D eigenvalue weighted by Crippen LogP contribution is 2.08. The Morgan fingerprint density at radius 1 is 1.04 bits per heavy atom. The van der Waals surface area contributed by atoms with E-state index in [1.165, 1.54) is 0 Å². The lowest BCUT2D eigenvalue weighted by molar-refractivity contribution is -0.143. The largest absolute Gasteiger partial charge is 0.480 e. The first kappa shape index (κ1) is 25.7. The maximum Gasteiger partial charge on any atom is 0.326 e. The van der Waals surface area contributed by atoms with E-state index in [-0.39, 0.29) is 31.1 Å². The maximum atomic E-state index is 12.4. The molecule has 160 valence electrons. The number of primary amides is 1. The summed E-state index contributed by atoms with van der Waals surface area (Å²) in [7, 11) is 0. The molecule has 0 radical (unpaired) electrons. The van der Waals surface area contributed by atoms with Crippen LogP contribution in [-0.4, -0.2) is 65.1 Å². The lowest BCUT2D eigenvalue weighted by Gasteiger charge is -2.25. The molecule has 28 heavy (non-hydrogen) atoms. The molecule has 0 aromatic rings. The fraction of sp³-hybridized carbons (Fsp3) is 0.688. The van der Waals surface area contributed by atoms with Crippen LogP contribution in [0.15, 0.2) is 0 Å². The van der Waals surface area contributed by atoms with Gasteiger partial charge in [0.1, 0.15) is 18.1 Å². The number of nitrogens with one attached hydrogen (secondary N) is 3. The van der Waals surface area contributed by atoms with E-state index in [9.17, 15) is 29.1 Å². The summed E-state index contributed by atoms with van der Waals surface area (Å²) >= 11 is 4.02. The SMILES string of the molecule is CCC(C)C(NC(=O)C(CS)NC(=O)C(CCC(N)=O)NC(=O)CN)C(=O)O. The van der Waals surface area contributed by atoms with Crippen molar-refractivity contribution in [1.29, 1.82) is 0 Å². The zero-order valence-electron chi connectivity index (χ0n) is 15.9. The van der Waals surface area contributed by atoms with Gasteiger partial charge < -0.3 is 32.5 Å². The summed E-state index contributed by atoms with van der Waals surface area (Å²) < 4.78 is 0. The van der Waals surface area contributed by atoms with E-state index in [2.05, 4.69) is 28.6 Å². The van der Waals surface area contributed by atoms with Crippen LogP contribution in [0.5, 0.6) is 0 Å². The second kappa shape index (κ2) is 12.9. The van der Waals surface area contributed by atoms with Gasteiger partial charge in [-0.25, -0.2) is 4.79 Å². The number of hydrogen-bond acceptors (Lipinski definition) is 7. The molecule has 8 N–H and O–H groups in total. The van der Waals surface area contributed by atoms with E-state index in [0.717, 1.165) is 0 Å². The fourth-order valence-electron chi connectivity index (χ4n) is 2.21. The standard InChI is InChI=1S/C16H29N5O6S/c1-3-8(2)13(16(26)27)21-15(25)10(7-28)20-14(24)9(4-5-11(18)22)19-12(23)6-17/h8-10,13,28H,3-7,17H2,1-2H3,(H2,18,22)(H,19,23)(H,20,24)(H,21,25)(H,26,27). The molecule has 0 spiro atoms. The van der Waals surface area contributed by atoms with Gasteiger partial charge in [0, 0.05) is 12.2 Å². The van der Waals surface area contributed by atoms with E-state index in [1.54, 1.807) is 13.8 Å². The number of carboxylic acids is 1. The van der Waals surface area contributed by atoms with Crippen molar-refractivity contribution in [2.45, 2.75) is 51.2 Å². The lowest BCUT2D eigenvalue weighted by atomic mass is 9.99. The first-order chi connectivity index (χ1) is 13.1. The third-order valence-electron chi connectivity index (χ3n) is 4.11. The maximum absolute atomic E-state index is 12.4. The van der Waals surface area contributed by atoms with Gasteiger partial charge >= 0.3 is 5.97 Å². The Bertz CT molecular complexity index is 588. The van der Waals surface area contributed by atoms with Gasteiger partial charge in [0.15, 0.2) is 0 Å². The number of carbonyl (C=O) groups is 5. The first-order valence-corrected chi connectivity index (χ1v) is 9.42. The van der Waals surface area contributed by atoms with E-state index < -0.39 is 47.7 Å². The molecule has 11 nitrogen and oxygen atoms in total. The van der Waals surface area contributed by atoms with Crippen molar-refractivity contribution in [2.75, 3.05) is 12.3 Å². The Morgan fingerprint density at radius 2 is 1.61 bits per heavy atom. The molecule has 4 atom stereocenters. The molecule has 0 saturated heterocycles. The summed E-state index contributed by atoms with van der Waals surface area (Å²) in [4.78, 5) is 58.7. The van der Waals surface area contributed by atoms with Crippen LogP contribution in [0.25, 0.3) is 0 Å². The second-order valence-corrected chi connectivity index (χ2v) is 6.65. The van der Waals surface area contributed by atoms with E-state index >= 15 is 0 Å². The van der Waals surface area contributed by atoms with Crippen LogP contribution in [0.1, 0.15) is 33.1 Å². The molecule has 0 rings (SSSR count). The summed E-state index contributed by atoms with van der Waals surface area (Å²) in [6.45, 7) is 3.09. The van der Waals surface area contributed by atoms with Crippen molar-refractivity contribution < 1.29 is 29.1 Å². The second-order valence-electron chi connectivity index (χ2n) is 6.28. The highest BCUT2D eigenvalue weighted by atomic mass is 32.1. The molecule has 0 aliphatic heterocycles. The highest BCUT2D eigenvalue weighted by molar-refractivity contribution is 7.80. The monoisotopic (exact) mass is 419 g/mol. The molecular weight excluding hydrogens is 390 g/mol. The summed E-state index contributed by atoms with van der Waals surface area (Å²) in [5, 5.41) is 16.4. The fourth-order valence-corrected chi connectivity index (χ4v) is 2.47. The van der Waals surface area contributed by atoms with Gasteiger partial charge in [-0.1, -0.05) is 20.3 Å². The van der Waals surface area contributed by atoms with Crippen LogP contribution < -0.4 is 27.4 Å². The van der Waals surface area contributed by atoms with Crippen LogP contribution in [0.2, 0.25) is 0 Å². The van der Waals surface area contributed by atoms with Crippen molar-refractivity contribution in [2.24, 2.45) is 17.4 Å². The molecule has 12 heteroatoms. The van der Waals surface area contributed by atoms with Gasteiger partial charge in [-0.15, -0.1) is 0 Å². The summed E-state index contributed by atoms with van der Waals surface area (Å²) in [6.07, 6.45) is 0.268. The Balaban J connectivity index is 5.16. The molecule has 0 fully saturated rings. The van der Waals surface area contributed by atoms with Crippen molar-refractivity contribution in [3.05, 3.63) is 0 Å². The number of aliphatic carboxylic acids is 1. The van der Waals surface area contributed by atoms with Gasteiger partial charge in [-0.2, -0.15) is 12.6 Å². The molecular formula is C16H29N5O6S. The highest BCUT2D eigenvalue weighted by Gasteiger charge is 2.30. The number of thiol groups is 1. The van der Waals surface area contributed by atoms with Crippen LogP contribution in [0, 0.1) is 5.92 Å². The zero-order valence-corrected chi connectivity index (χ0v) is 16.8. The van der Waals surface area contributed by atoms with E-state index in [0.29, 0.717) is 6.42 Å². The molecule has 0 aliphatic carbocycles. The van der Waals surface area contributed by atoms with Crippen LogP contribution in [0.3, 0.4) is 0 Å². The number of carboxylic acid groups (broad SMARTS) is 1. The normalized spacial score (nSPS) is 14.9. The smallest absolute Gasteiger partial charge is 0.326 e. The van der Waals surface area contributed by atoms with Gasteiger partial charge in [0.2, 0.25) is 23.6 Å². The molecule has 0 aromatic heterocycles. The third kappa shape index (κ3) is 9.04. The lowest BCUT2D eigenvalue weighted by Crippen LogP contribution is -2.57. The topological polar surface area (TPSA) is 194 Å². The minimum atomic E-state index is -1.19. The minimum absolute atomic E-state index is 0.0849. The molecule has 0 aromatic carbocycles. The van der Waals surface area contributed by atoms with E-state index in [4.69, 9.17) is 11.5 Å². The van der Waals surface area contributed by atoms with Gasteiger partial charge in [0.25, 0.3) is 0 Å². The number of rotatable bonds is 13. The Hall–Kier alpha value is -2.34. The third-order valence-corrected chi connectivity index (χ3v) is 4.47. The van der Waals surface area contributed by atoms with Crippen molar-refractivity contribution in [3.63, 3.8) is 0 Å². The molecule has 0 bridgehead atoms. The Kier molecular flexibility index (Phi) is 11.9. The molecule has 0 saturated carbocycles. The Morgan fingerprint density at radius 3 is 2.04 bits per heavy atom. The summed E-state index contributed by atoms with van der Waals surface area (Å²) in [5.41, 5.74) is 10.3. The van der Waals surface area contributed by atoms with Gasteiger partial charge in [-0.3, -0.25) is 19.2 Å². The average molecular weight is 420 g/mol. The quantitative estimate of drug-likeness (QED) is 0.163. The summed E-state index contributed by atoms with van der Waals surface area (Å²) in [5.74, 6) is -4.40. The van der Waals surface area contributed by atoms with Crippen molar-refractivity contribution in [1.82, 2.24) is 16.0 Å². The molecule has 4 unspecified atom stereocenters. The number of hydrogen-bond donors (Lipinski definition) is 7. The predicted molar refractivity (Wildman–Crippen MR) is 104 cm³/mol. The van der Waals surface area contributed by atoms with E-state index in [1.807, 2.05) is 0 Å². The number of amides is 4. The minimum Gasteiger partial charge on any atom is -0.480 e. The van der Waals surface area contributed by atoms with Crippen molar-refractivity contribution in [3.8, 4) is 0 Å². The Labute approximate surface area is 168 Å². The molecule has 0 aliphatic rings. The van der Waals surface area contributed by atoms with Crippen molar-refractivity contribution >= 4 is 42.2 Å². The van der Waals surface area contributed by atoms with Gasteiger partial charge in [-0.05, 0) is 12.3 Å². The predicted octanol–water partition coefficient (Wildman–Crippen LogP) is -2.27. The summed E-state index contributed by atoms with van der Waals surface area (Å²) in [6, 6.07) is -3.41. The van der Waals surface area contributed by atoms with Gasteiger partial charge in [0.05, 0.1) is 6.54 Å². The number of nitrogens with two attached hydrogens (primary N) is 2. The molecule has 4 amide bonds. The number of carbonyl (C=O) groups excluding carboxylic acids is 4. The zero-order chi connectivity index (χ0) is 21.9. The molecule has 0 heterocycles.